The van der Waals surface area contributed by atoms with Crippen LogP contribution in [-0.2, 0) is 0 Å². The van der Waals surface area contributed by atoms with Gasteiger partial charge in [-0.25, -0.2) is 4.79 Å². The van der Waals surface area contributed by atoms with E-state index in [2.05, 4.69) is 9.97 Å². The minimum absolute atomic E-state index is 0.126. The quantitative estimate of drug-likeness (QED) is 0.655. The molecule has 0 unspecified atom stereocenters. The van der Waals surface area contributed by atoms with Gasteiger partial charge in [-0.2, -0.15) is 0 Å². The number of carbonyl (C=O) groups excluding carboxylic acids is 1. The van der Waals surface area contributed by atoms with Crippen LogP contribution in [-0.4, -0.2) is 15.8 Å². The van der Waals surface area contributed by atoms with Crippen LogP contribution in [0.3, 0.4) is 0 Å². The Balaban J connectivity index is 2.12. The lowest BCUT2D eigenvalue weighted by molar-refractivity contribution is 0.103. The van der Waals surface area contributed by atoms with Crippen molar-refractivity contribution in [3.63, 3.8) is 0 Å². The van der Waals surface area contributed by atoms with E-state index in [1.54, 1.807) is 36.5 Å². The second kappa shape index (κ2) is 3.48. The minimum atomic E-state index is -0.524. The van der Waals surface area contributed by atoms with E-state index in [0.29, 0.717) is 22.4 Å². The zero-order chi connectivity index (χ0) is 11.8. The van der Waals surface area contributed by atoms with Crippen molar-refractivity contribution >= 4 is 16.9 Å². The maximum absolute atomic E-state index is 12.0. The van der Waals surface area contributed by atoms with E-state index in [1.165, 1.54) is 0 Å². The summed E-state index contributed by atoms with van der Waals surface area (Å²) in [6.45, 7) is 0. The predicted octanol–water partition coefficient (Wildman–Crippen LogP) is 1.68. The van der Waals surface area contributed by atoms with Gasteiger partial charge in [0.05, 0.1) is 11.2 Å². The molecule has 0 aliphatic carbocycles. The Bertz CT molecular complexity index is 735. The molecule has 0 spiro atoms. The molecule has 5 nitrogen and oxygen atoms in total. The number of carbonyl (C=O) groups is 1. The zero-order valence-corrected chi connectivity index (χ0v) is 8.69. The third-order valence-corrected chi connectivity index (χ3v) is 2.52. The minimum Gasteiger partial charge on any atom is -0.408 e. The first-order chi connectivity index (χ1) is 8.24. The summed E-state index contributed by atoms with van der Waals surface area (Å²) in [4.78, 5) is 28.3. The lowest BCUT2D eigenvalue weighted by Gasteiger charge is -1.97. The summed E-state index contributed by atoms with van der Waals surface area (Å²) in [6.07, 6.45) is 1.69. The Morgan fingerprint density at radius 3 is 2.88 bits per heavy atom. The number of oxazole rings is 1. The number of ketones is 1. The van der Waals surface area contributed by atoms with Crippen molar-refractivity contribution in [1.82, 2.24) is 9.97 Å². The largest absolute Gasteiger partial charge is 0.417 e. The highest BCUT2D eigenvalue weighted by molar-refractivity contribution is 6.09. The second-order valence-electron chi connectivity index (χ2n) is 3.64. The number of nitrogens with one attached hydrogen (secondary N) is 2. The number of fused-ring (bicyclic) bond motifs is 1. The van der Waals surface area contributed by atoms with Gasteiger partial charge in [0, 0.05) is 11.8 Å². The van der Waals surface area contributed by atoms with Crippen molar-refractivity contribution in [2.75, 3.05) is 0 Å². The molecule has 0 atom stereocenters. The standard InChI is InChI=1S/C12H8N2O3/c15-11(8-2-1-5-13-8)7-3-4-10-9(6-7)14-12(16)17-10/h1-6,13H,(H,14,16). The van der Waals surface area contributed by atoms with Gasteiger partial charge < -0.3 is 9.40 Å². The maximum Gasteiger partial charge on any atom is 0.417 e. The van der Waals surface area contributed by atoms with E-state index in [1.807, 2.05) is 0 Å². The second-order valence-corrected chi connectivity index (χ2v) is 3.64. The number of aromatic amines is 2. The highest BCUT2D eigenvalue weighted by atomic mass is 16.4. The van der Waals surface area contributed by atoms with E-state index in [-0.39, 0.29) is 5.78 Å². The Morgan fingerprint density at radius 1 is 1.24 bits per heavy atom. The van der Waals surface area contributed by atoms with Crippen LogP contribution in [0.4, 0.5) is 0 Å². The van der Waals surface area contributed by atoms with E-state index < -0.39 is 5.76 Å². The van der Waals surface area contributed by atoms with Crippen LogP contribution < -0.4 is 5.76 Å². The monoisotopic (exact) mass is 228 g/mol. The smallest absolute Gasteiger partial charge is 0.408 e. The summed E-state index contributed by atoms with van der Waals surface area (Å²) in [5, 5.41) is 0. The van der Waals surface area contributed by atoms with Gasteiger partial charge in [-0.1, -0.05) is 0 Å². The molecule has 0 bridgehead atoms. The molecular weight excluding hydrogens is 220 g/mol. The molecule has 2 heterocycles. The van der Waals surface area contributed by atoms with Gasteiger partial charge in [0.25, 0.3) is 0 Å². The van der Waals surface area contributed by atoms with Crippen molar-refractivity contribution < 1.29 is 9.21 Å². The number of hydrogen-bond donors (Lipinski definition) is 2. The van der Waals surface area contributed by atoms with Gasteiger partial charge in [0.15, 0.2) is 5.58 Å². The van der Waals surface area contributed by atoms with E-state index in [9.17, 15) is 9.59 Å². The molecule has 3 aromatic rings. The first-order valence-corrected chi connectivity index (χ1v) is 5.05. The van der Waals surface area contributed by atoms with E-state index in [4.69, 9.17) is 4.42 Å². The first kappa shape index (κ1) is 9.65. The fraction of sp³-hybridized carbons (Fsp3) is 0. The van der Waals surface area contributed by atoms with E-state index >= 15 is 0 Å². The highest BCUT2D eigenvalue weighted by Crippen LogP contribution is 2.14. The molecule has 2 aromatic heterocycles. The number of H-pyrrole nitrogens is 2. The van der Waals surface area contributed by atoms with Crippen molar-refractivity contribution in [2.24, 2.45) is 0 Å². The summed E-state index contributed by atoms with van der Waals surface area (Å²) in [6, 6.07) is 8.28. The molecule has 2 N–H and O–H groups in total. The van der Waals surface area contributed by atoms with Crippen LogP contribution in [0.25, 0.3) is 11.1 Å². The summed E-state index contributed by atoms with van der Waals surface area (Å²) in [5.74, 6) is -0.650. The number of hydrogen-bond acceptors (Lipinski definition) is 3. The molecule has 17 heavy (non-hydrogen) atoms. The summed E-state index contributed by atoms with van der Waals surface area (Å²) >= 11 is 0. The molecule has 0 saturated carbocycles. The van der Waals surface area contributed by atoms with Crippen molar-refractivity contribution in [2.45, 2.75) is 0 Å². The van der Waals surface area contributed by atoms with Crippen LogP contribution in [0.1, 0.15) is 16.1 Å². The van der Waals surface area contributed by atoms with Gasteiger partial charge in [0.1, 0.15) is 0 Å². The molecule has 3 rings (SSSR count). The normalized spacial score (nSPS) is 10.8. The Morgan fingerprint density at radius 2 is 2.12 bits per heavy atom. The Kier molecular flexibility index (Phi) is 1.98. The molecule has 5 heteroatoms. The van der Waals surface area contributed by atoms with Crippen molar-refractivity contribution in [3.05, 3.63) is 58.3 Å². The molecule has 0 radical (unpaired) electrons. The fourth-order valence-corrected chi connectivity index (χ4v) is 1.72. The molecule has 1 aromatic carbocycles. The third kappa shape index (κ3) is 1.57. The average molecular weight is 228 g/mol. The predicted molar refractivity (Wildman–Crippen MR) is 61.1 cm³/mol. The van der Waals surface area contributed by atoms with Gasteiger partial charge in [-0.3, -0.25) is 9.78 Å². The van der Waals surface area contributed by atoms with E-state index in [0.717, 1.165) is 0 Å². The van der Waals surface area contributed by atoms with Crippen LogP contribution >= 0.6 is 0 Å². The molecule has 84 valence electrons. The summed E-state index contributed by atoms with van der Waals surface area (Å²) in [7, 11) is 0. The molecule has 0 saturated heterocycles. The molecule has 0 aliphatic rings. The molecular formula is C12H8N2O3. The van der Waals surface area contributed by atoms with Crippen molar-refractivity contribution in [1.29, 1.82) is 0 Å². The maximum atomic E-state index is 12.0. The number of aromatic nitrogens is 2. The number of benzene rings is 1. The highest BCUT2D eigenvalue weighted by Gasteiger charge is 2.11. The molecule has 0 amide bonds. The van der Waals surface area contributed by atoms with Gasteiger partial charge >= 0.3 is 5.76 Å². The SMILES string of the molecule is O=C(c1ccc2oc(=O)[nH]c2c1)c1ccc[nH]1. The zero-order valence-electron chi connectivity index (χ0n) is 8.69. The first-order valence-electron chi connectivity index (χ1n) is 5.05. The molecule has 0 fully saturated rings. The van der Waals surface area contributed by atoms with Crippen LogP contribution in [0.2, 0.25) is 0 Å². The van der Waals surface area contributed by atoms with Gasteiger partial charge in [0.2, 0.25) is 5.78 Å². The fourth-order valence-electron chi connectivity index (χ4n) is 1.72. The van der Waals surface area contributed by atoms with Gasteiger partial charge in [-0.15, -0.1) is 0 Å². The topological polar surface area (TPSA) is 78.9 Å². The lowest BCUT2D eigenvalue weighted by Crippen LogP contribution is -2.01. The summed E-state index contributed by atoms with van der Waals surface area (Å²) < 4.78 is 4.86. The van der Waals surface area contributed by atoms with Crippen LogP contribution in [0.5, 0.6) is 0 Å². The van der Waals surface area contributed by atoms with Gasteiger partial charge in [-0.05, 0) is 30.3 Å². The van der Waals surface area contributed by atoms with Crippen LogP contribution in [0, 0.1) is 0 Å². The summed E-state index contributed by atoms with van der Waals surface area (Å²) in [5.41, 5.74) is 1.97. The van der Waals surface area contributed by atoms with Crippen molar-refractivity contribution in [3.8, 4) is 0 Å². The Hall–Kier alpha value is -2.56. The van der Waals surface area contributed by atoms with Crippen LogP contribution in [0.15, 0.2) is 45.7 Å². The number of rotatable bonds is 2. The Labute approximate surface area is 95.1 Å². The lowest BCUT2D eigenvalue weighted by atomic mass is 10.1. The molecule has 0 aliphatic heterocycles. The average Bonchev–Trinajstić information content (AvgIpc) is 2.94. The third-order valence-electron chi connectivity index (χ3n) is 2.52.